The molecule has 0 saturated carbocycles. The summed E-state index contributed by atoms with van der Waals surface area (Å²) in [7, 11) is 1.59. The summed E-state index contributed by atoms with van der Waals surface area (Å²) in [5.41, 5.74) is 7.72. The SMILES string of the molecule is C=CC(=O)N1C[C@@H](n2nc(C#Cc3cc4nccn4cc3F)c3c(N)ncnc32)C[C@@H]1COC. The Kier molecular flexibility index (Phi) is 5.43. The van der Waals surface area contributed by atoms with Crippen LogP contribution in [0, 0.1) is 17.7 Å². The lowest BCUT2D eigenvalue weighted by molar-refractivity contribution is -0.127. The van der Waals surface area contributed by atoms with E-state index in [1.54, 1.807) is 39.6 Å². The molecule has 1 fully saturated rings. The molecule has 2 N–H and O–H groups in total. The largest absolute Gasteiger partial charge is 0.383 e. The maximum atomic E-state index is 14.5. The second kappa shape index (κ2) is 8.57. The summed E-state index contributed by atoms with van der Waals surface area (Å²) in [5.74, 6) is 5.32. The molecule has 4 aromatic heterocycles. The van der Waals surface area contributed by atoms with Crippen molar-refractivity contribution in [3.8, 4) is 11.8 Å². The highest BCUT2D eigenvalue weighted by molar-refractivity contribution is 5.91. The molecule has 0 aliphatic carbocycles. The quantitative estimate of drug-likeness (QED) is 0.363. The van der Waals surface area contributed by atoms with Crippen LogP contribution in [0.1, 0.15) is 23.7 Å². The Labute approximate surface area is 193 Å². The third kappa shape index (κ3) is 3.64. The van der Waals surface area contributed by atoms with Crippen LogP contribution in [0.4, 0.5) is 10.2 Å². The van der Waals surface area contributed by atoms with Gasteiger partial charge in [-0.05, 0) is 24.5 Å². The van der Waals surface area contributed by atoms with Crippen molar-refractivity contribution in [1.82, 2.24) is 34.0 Å². The van der Waals surface area contributed by atoms with Gasteiger partial charge in [0, 0.05) is 32.2 Å². The summed E-state index contributed by atoms with van der Waals surface area (Å²) in [6.45, 7) is 4.38. The lowest BCUT2D eigenvalue weighted by Crippen LogP contribution is -2.37. The summed E-state index contributed by atoms with van der Waals surface area (Å²) in [6.07, 6.45) is 7.80. The monoisotopic (exact) mass is 460 g/mol. The van der Waals surface area contributed by atoms with Gasteiger partial charge in [-0.25, -0.2) is 24.0 Å². The molecular formula is C23H21FN8O2. The number of anilines is 1. The lowest BCUT2D eigenvalue weighted by atomic mass is 10.2. The van der Waals surface area contributed by atoms with Gasteiger partial charge in [-0.1, -0.05) is 12.5 Å². The number of rotatable bonds is 4. The van der Waals surface area contributed by atoms with Gasteiger partial charge >= 0.3 is 0 Å². The van der Waals surface area contributed by atoms with Crippen LogP contribution in [0.25, 0.3) is 16.7 Å². The summed E-state index contributed by atoms with van der Waals surface area (Å²) in [6, 6.07) is 1.24. The molecule has 11 heteroatoms. The number of aromatic nitrogens is 6. The molecule has 1 amide bonds. The van der Waals surface area contributed by atoms with E-state index in [1.807, 2.05) is 0 Å². The number of hydrogen-bond acceptors (Lipinski definition) is 7. The maximum absolute atomic E-state index is 14.5. The maximum Gasteiger partial charge on any atom is 0.246 e. The average molecular weight is 460 g/mol. The second-order valence-corrected chi connectivity index (χ2v) is 7.92. The molecule has 4 aromatic rings. The molecule has 0 bridgehead atoms. The van der Waals surface area contributed by atoms with Gasteiger partial charge in [-0.15, -0.1) is 0 Å². The Hall–Kier alpha value is -4.30. The number of ether oxygens (including phenoxy) is 1. The Bertz CT molecular complexity index is 1480. The summed E-state index contributed by atoms with van der Waals surface area (Å²) in [5, 5.41) is 5.14. The van der Waals surface area contributed by atoms with E-state index < -0.39 is 5.82 Å². The van der Waals surface area contributed by atoms with Crippen molar-refractivity contribution < 1.29 is 13.9 Å². The van der Waals surface area contributed by atoms with E-state index in [-0.39, 0.29) is 29.4 Å². The Morgan fingerprint density at radius 1 is 1.38 bits per heavy atom. The molecule has 10 nitrogen and oxygen atoms in total. The first-order chi connectivity index (χ1) is 16.5. The van der Waals surface area contributed by atoms with Gasteiger partial charge in [0.25, 0.3) is 0 Å². The zero-order valence-electron chi connectivity index (χ0n) is 18.3. The molecule has 5 heterocycles. The minimum Gasteiger partial charge on any atom is -0.383 e. The molecule has 1 aliphatic heterocycles. The number of hydrogen-bond donors (Lipinski definition) is 1. The van der Waals surface area contributed by atoms with Crippen LogP contribution >= 0.6 is 0 Å². The number of likely N-dealkylation sites (tertiary alicyclic amines) is 1. The first kappa shape index (κ1) is 21.5. The fourth-order valence-electron chi connectivity index (χ4n) is 4.30. The number of pyridine rings is 1. The topological polar surface area (TPSA) is 116 Å². The number of fused-ring (bicyclic) bond motifs is 2. The molecule has 0 unspecified atom stereocenters. The fraction of sp³-hybridized carbons (Fsp3) is 0.261. The third-order valence-electron chi connectivity index (χ3n) is 5.87. The molecule has 34 heavy (non-hydrogen) atoms. The van der Waals surface area contributed by atoms with Crippen molar-refractivity contribution in [2.45, 2.75) is 18.5 Å². The number of amides is 1. The third-order valence-corrected chi connectivity index (χ3v) is 5.87. The molecule has 0 spiro atoms. The molecule has 1 aliphatic rings. The number of carbonyl (C=O) groups is 1. The standard InChI is InChI=1S/C23H21FN8O2/c1-3-20(33)31-10-15(9-16(31)12-34-2)32-23-21(22(25)27-13-28-23)18(29-32)5-4-14-8-19-26-6-7-30(19)11-17(14)24/h3,6-8,11,13,15-16H,1,9-10,12H2,2H3,(H2,25,27,28)/t15-,16+/m0/s1. The van der Waals surface area contributed by atoms with Crippen LogP contribution in [0.15, 0.2) is 43.6 Å². The Balaban J connectivity index is 1.57. The van der Waals surface area contributed by atoms with Gasteiger partial charge < -0.3 is 19.8 Å². The number of nitrogen functional groups attached to an aromatic ring is 1. The minimum absolute atomic E-state index is 0.135. The van der Waals surface area contributed by atoms with Gasteiger partial charge in [0.1, 0.15) is 23.5 Å². The highest BCUT2D eigenvalue weighted by Gasteiger charge is 2.37. The van der Waals surface area contributed by atoms with Crippen molar-refractivity contribution in [3.05, 3.63) is 60.7 Å². The molecule has 5 rings (SSSR count). The normalized spacial score (nSPS) is 17.8. The van der Waals surface area contributed by atoms with E-state index in [9.17, 15) is 9.18 Å². The first-order valence-electron chi connectivity index (χ1n) is 10.5. The van der Waals surface area contributed by atoms with Crippen LogP contribution in [0.5, 0.6) is 0 Å². The zero-order valence-corrected chi connectivity index (χ0v) is 18.3. The second-order valence-electron chi connectivity index (χ2n) is 7.92. The molecule has 172 valence electrons. The van der Waals surface area contributed by atoms with E-state index in [0.717, 1.165) is 0 Å². The van der Waals surface area contributed by atoms with Crippen LogP contribution in [-0.4, -0.2) is 66.2 Å². The molecule has 2 atom stereocenters. The van der Waals surface area contributed by atoms with Crippen molar-refractivity contribution >= 4 is 28.4 Å². The summed E-state index contributed by atoms with van der Waals surface area (Å²) in [4.78, 5) is 26.7. The van der Waals surface area contributed by atoms with Crippen LogP contribution in [0.3, 0.4) is 0 Å². The Morgan fingerprint density at radius 2 is 2.24 bits per heavy atom. The molecule has 1 saturated heterocycles. The number of carbonyl (C=O) groups excluding carboxylic acids is 1. The number of imidazole rings is 1. The van der Waals surface area contributed by atoms with Crippen LogP contribution in [-0.2, 0) is 9.53 Å². The van der Waals surface area contributed by atoms with E-state index in [1.165, 1.54) is 18.6 Å². The van der Waals surface area contributed by atoms with Gasteiger partial charge in [-0.3, -0.25) is 4.79 Å². The minimum atomic E-state index is -0.484. The van der Waals surface area contributed by atoms with Crippen LogP contribution in [0.2, 0.25) is 0 Å². The number of nitrogens with two attached hydrogens (primary N) is 1. The zero-order chi connectivity index (χ0) is 23.8. The highest BCUT2D eigenvalue weighted by atomic mass is 19.1. The molecule has 0 aromatic carbocycles. The van der Waals surface area contributed by atoms with Gasteiger partial charge in [0.15, 0.2) is 11.5 Å². The number of nitrogens with zero attached hydrogens (tertiary/aromatic N) is 7. The summed E-state index contributed by atoms with van der Waals surface area (Å²) < 4.78 is 23.1. The van der Waals surface area contributed by atoms with Gasteiger partial charge in [0.05, 0.1) is 29.6 Å². The predicted molar refractivity (Wildman–Crippen MR) is 122 cm³/mol. The van der Waals surface area contributed by atoms with E-state index in [4.69, 9.17) is 10.5 Å². The highest BCUT2D eigenvalue weighted by Crippen LogP contribution is 2.32. The van der Waals surface area contributed by atoms with Crippen LogP contribution < -0.4 is 5.73 Å². The van der Waals surface area contributed by atoms with E-state index in [2.05, 4.69) is 38.5 Å². The lowest BCUT2D eigenvalue weighted by Gasteiger charge is -2.22. The van der Waals surface area contributed by atoms with Crippen molar-refractivity contribution in [1.29, 1.82) is 0 Å². The Morgan fingerprint density at radius 3 is 3.03 bits per heavy atom. The first-order valence-corrected chi connectivity index (χ1v) is 10.5. The van der Waals surface area contributed by atoms with Crippen molar-refractivity contribution in [2.75, 3.05) is 26.0 Å². The van der Waals surface area contributed by atoms with Gasteiger partial charge in [0.2, 0.25) is 5.91 Å². The number of methoxy groups -OCH3 is 1. The van der Waals surface area contributed by atoms with E-state index >= 15 is 0 Å². The molecular weight excluding hydrogens is 439 g/mol. The van der Waals surface area contributed by atoms with Crippen molar-refractivity contribution in [3.63, 3.8) is 0 Å². The number of halogens is 1. The average Bonchev–Trinajstić information content (AvgIpc) is 3.54. The fourth-order valence-corrected chi connectivity index (χ4v) is 4.30. The smallest absolute Gasteiger partial charge is 0.246 e. The van der Waals surface area contributed by atoms with E-state index in [0.29, 0.717) is 41.9 Å². The van der Waals surface area contributed by atoms with Crippen molar-refractivity contribution in [2.24, 2.45) is 0 Å². The predicted octanol–water partition coefficient (Wildman–Crippen LogP) is 1.57. The summed E-state index contributed by atoms with van der Waals surface area (Å²) >= 11 is 0. The molecule has 0 radical (unpaired) electrons. The van der Waals surface area contributed by atoms with Gasteiger partial charge in [-0.2, -0.15) is 5.10 Å².